The normalized spacial score (nSPS) is 13.4. The van der Waals surface area contributed by atoms with Gasteiger partial charge in [-0.05, 0) is 24.6 Å². The van der Waals surface area contributed by atoms with Crippen LogP contribution in [0, 0.1) is 0 Å². The molecule has 1 amide bonds. The van der Waals surface area contributed by atoms with Gasteiger partial charge in [0.15, 0.2) is 0 Å². The Kier molecular flexibility index (Phi) is 7.64. The third-order valence-electron chi connectivity index (χ3n) is 2.49. The van der Waals surface area contributed by atoms with E-state index in [-0.39, 0.29) is 24.2 Å². The van der Waals surface area contributed by atoms with Crippen molar-refractivity contribution < 1.29 is 4.79 Å². The van der Waals surface area contributed by atoms with Gasteiger partial charge in [-0.2, -0.15) is 0 Å². The zero-order valence-electron chi connectivity index (χ0n) is 10.2. The molecule has 0 spiro atoms. The number of carbonyl (C=O) groups excluding carboxylic acids is 1. The highest BCUT2D eigenvalue weighted by atomic mass is 35.5. The molecule has 0 aromatic heterocycles. The fourth-order valence-electron chi connectivity index (χ4n) is 1.50. The van der Waals surface area contributed by atoms with Crippen LogP contribution in [-0.2, 0) is 4.79 Å². The van der Waals surface area contributed by atoms with E-state index in [1.807, 2.05) is 6.92 Å². The second-order valence-corrected chi connectivity index (χ2v) is 4.88. The minimum Gasteiger partial charge on any atom is -0.354 e. The smallest absolute Gasteiger partial charge is 0.236 e. The SMILES string of the molecule is CC(CNC(=O)[C@H](C)N)c1c(Cl)cccc1Cl.Cl. The van der Waals surface area contributed by atoms with Gasteiger partial charge in [0.1, 0.15) is 0 Å². The average molecular weight is 312 g/mol. The van der Waals surface area contributed by atoms with Gasteiger partial charge >= 0.3 is 0 Å². The zero-order valence-corrected chi connectivity index (χ0v) is 12.6. The molecule has 0 radical (unpaired) electrons. The van der Waals surface area contributed by atoms with Crippen LogP contribution in [0.15, 0.2) is 18.2 Å². The van der Waals surface area contributed by atoms with E-state index in [9.17, 15) is 4.79 Å². The number of halogens is 3. The number of amides is 1. The van der Waals surface area contributed by atoms with E-state index in [0.717, 1.165) is 5.56 Å². The summed E-state index contributed by atoms with van der Waals surface area (Å²) in [5, 5.41) is 3.98. The Morgan fingerprint density at radius 2 is 1.83 bits per heavy atom. The van der Waals surface area contributed by atoms with E-state index in [4.69, 9.17) is 28.9 Å². The van der Waals surface area contributed by atoms with Gasteiger partial charge in [-0.1, -0.05) is 36.2 Å². The predicted molar refractivity (Wildman–Crippen MR) is 78.8 cm³/mol. The van der Waals surface area contributed by atoms with E-state index in [2.05, 4.69) is 5.32 Å². The molecule has 2 atom stereocenters. The quantitative estimate of drug-likeness (QED) is 0.898. The molecule has 18 heavy (non-hydrogen) atoms. The summed E-state index contributed by atoms with van der Waals surface area (Å²) in [4.78, 5) is 11.3. The number of hydrogen-bond acceptors (Lipinski definition) is 2. The Hall–Kier alpha value is -0.480. The number of benzene rings is 1. The highest BCUT2D eigenvalue weighted by Gasteiger charge is 2.15. The summed E-state index contributed by atoms with van der Waals surface area (Å²) >= 11 is 12.2. The van der Waals surface area contributed by atoms with Gasteiger partial charge in [0.25, 0.3) is 0 Å². The van der Waals surface area contributed by atoms with Gasteiger partial charge in [0.2, 0.25) is 5.91 Å². The summed E-state index contributed by atoms with van der Waals surface area (Å²) in [5.74, 6) is -0.140. The van der Waals surface area contributed by atoms with Crippen LogP contribution >= 0.6 is 35.6 Å². The summed E-state index contributed by atoms with van der Waals surface area (Å²) in [6, 6.07) is 4.85. The predicted octanol–water partition coefficient (Wildman–Crippen LogP) is 2.98. The van der Waals surface area contributed by atoms with Crippen molar-refractivity contribution in [2.45, 2.75) is 25.8 Å². The van der Waals surface area contributed by atoms with Crippen molar-refractivity contribution in [3.05, 3.63) is 33.8 Å². The maximum atomic E-state index is 11.3. The van der Waals surface area contributed by atoms with Crippen molar-refractivity contribution in [2.75, 3.05) is 6.54 Å². The first-order chi connectivity index (χ1) is 7.93. The molecule has 0 aliphatic heterocycles. The molecule has 0 aliphatic carbocycles. The molecular weight excluding hydrogens is 295 g/mol. The molecule has 0 saturated carbocycles. The lowest BCUT2D eigenvalue weighted by Crippen LogP contribution is -2.39. The number of nitrogens with one attached hydrogen (secondary N) is 1. The molecule has 0 saturated heterocycles. The molecule has 1 rings (SSSR count). The first kappa shape index (κ1) is 17.5. The Bertz CT molecular complexity index is 390. The molecule has 0 fully saturated rings. The minimum atomic E-state index is -0.510. The zero-order chi connectivity index (χ0) is 13.0. The molecule has 3 nitrogen and oxygen atoms in total. The minimum absolute atomic E-state index is 0. The molecule has 0 heterocycles. The van der Waals surface area contributed by atoms with Crippen LogP contribution in [0.2, 0.25) is 10.0 Å². The summed E-state index contributed by atoms with van der Waals surface area (Å²) < 4.78 is 0. The number of hydrogen-bond donors (Lipinski definition) is 2. The van der Waals surface area contributed by atoms with Gasteiger partial charge in [0.05, 0.1) is 6.04 Å². The Labute approximate surface area is 123 Å². The van der Waals surface area contributed by atoms with Gasteiger partial charge < -0.3 is 11.1 Å². The molecule has 102 valence electrons. The van der Waals surface area contributed by atoms with E-state index in [1.165, 1.54) is 0 Å². The van der Waals surface area contributed by atoms with Gasteiger partial charge in [-0.25, -0.2) is 0 Å². The van der Waals surface area contributed by atoms with Crippen molar-refractivity contribution in [1.29, 1.82) is 0 Å². The molecule has 3 N–H and O–H groups in total. The van der Waals surface area contributed by atoms with Crippen LogP contribution in [0.4, 0.5) is 0 Å². The lowest BCUT2D eigenvalue weighted by molar-refractivity contribution is -0.122. The second-order valence-electron chi connectivity index (χ2n) is 4.07. The number of nitrogens with two attached hydrogens (primary N) is 1. The fourth-order valence-corrected chi connectivity index (χ4v) is 2.27. The van der Waals surface area contributed by atoms with Crippen LogP contribution in [0.5, 0.6) is 0 Å². The van der Waals surface area contributed by atoms with Crippen LogP contribution < -0.4 is 11.1 Å². The van der Waals surface area contributed by atoms with E-state index >= 15 is 0 Å². The van der Waals surface area contributed by atoms with Crippen LogP contribution in [0.3, 0.4) is 0 Å². The van der Waals surface area contributed by atoms with Gasteiger partial charge in [-0.15, -0.1) is 12.4 Å². The highest BCUT2D eigenvalue weighted by molar-refractivity contribution is 6.36. The summed E-state index contributed by atoms with van der Waals surface area (Å²) in [5.41, 5.74) is 6.30. The maximum absolute atomic E-state index is 11.3. The fraction of sp³-hybridized carbons (Fsp3) is 0.417. The van der Waals surface area contributed by atoms with Crippen LogP contribution in [0.25, 0.3) is 0 Å². The van der Waals surface area contributed by atoms with Crippen LogP contribution in [0.1, 0.15) is 25.3 Å². The van der Waals surface area contributed by atoms with Crippen molar-refractivity contribution in [3.63, 3.8) is 0 Å². The maximum Gasteiger partial charge on any atom is 0.236 e. The Morgan fingerprint density at radius 3 is 2.28 bits per heavy atom. The van der Waals surface area contributed by atoms with E-state index < -0.39 is 6.04 Å². The Balaban J connectivity index is 0.00000289. The molecule has 0 aliphatic rings. The highest BCUT2D eigenvalue weighted by Crippen LogP contribution is 2.30. The summed E-state index contributed by atoms with van der Waals surface area (Å²) in [6.45, 7) is 4.06. The lowest BCUT2D eigenvalue weighted by atomic mass is 10.0. The van der Waals surface area contributed by atoms with Crippen molar-refractivity contribution >= 4 is 41.5 Å². The Morgan fingerprint density at radius 1 is 1.33 bits per heavy atom. The summed E-state index contributed by atoms with van der Waals surface area (Å²) in [6.07, 6.45) is 0. The molecule has 1 aromatic rings. The number of carbonyl (C=O) groups is 1. The van der Waals surface area contributed by atoms with Gasteiger partial charge in [-0.3, -0.25) is 4.79 Å². The topological polar surface area (TPSA) is 55.1 Å². The van der Waals surface area contributed by atoms with Crippen LogP contribution in [-0.4, -0.2) is 18.5 Å². The summed E-state index contributed by atoms with van der Waals surface area (Å²) in [7, 11) is 0. The molecule has 1 aromatic carbocycles. The standard InChI is InChI=1S/C12H16Cl2N2O.ClH/c1-7(6-16-12(17)8(2)15)11-9(13)4-3-5-10(11)14;/h3-5,7-8H,6,15H2,1-2H3,(H,16,17);1H/t7?,8-;/m0./s1. The third-order valence-corrected chi connectivity index (χ3v) is 3.15. The largest absolute Gasteiger partial charge is 0.354 e. The molecular formula is C12H17Cl3N2O. The molecule has 6 heteroatoms. The first-order valence-corrected chi connectivity index (χ1v) is 6.16. The van der Waals surface area contributed by atoms with Crippen molar-refractivity contribution in [1.82, 2.24) is 5.32 Å². The first-order valence-electron chi connectivity index (χ1n) is 5.40. The van der Waals surface area contributed by atoms with E-state index in [1.54, 1.807) is 25.1 Å². The lowest BCUT2D eigenvalue weighted by Gasteiger charge is -2.16. The van der Waals surface area contributed by atoms with E-state index in [0.29, 0.717) is 16.6 Å². The molecule has 1 unspecified atom stereocenters. The average Bonchev–Trinajstić information content (AvgIpc) is 2.25. The van der Waals surface area contributed by atoms with Gasteiger partial charge in [0, 0.05) is 22.5 Å². The monoisotopic (exact) mass is 310 g/mol. The second kappa shape index (κ2) is 7.85. The van der Waals surface area contributed by atoms with Crippen molar-refractivity contribution in [3.8, 4) is 0 Å². The number of rotatable bonds is 4. The molecule has 0 bridgehead atoms. The van der Waals surface area contributed by atoms with Crippen molar-refractivity contribution in [2.24, 2.45) is 5.73 Å². The third kappa shape index (κ3) is 4.65.